The van der Waals surface area contributed by atoms with Gasteiger partial charge in [-0.1, -0.05) is 44.2 Å². The lowest BCUT2D eigenvalue weighted by molar-refractivity contribution is -0.119. The molecule has 1 aromatic heterocycles. The fraction of sp³-hybridized carbons (Fsp3) is 0.292. The van der Waals surface area contributed by atoms with Crippen molar-refractivity contribution in [3.8, 4) is 5.75 Å². The largest absolute Gasteiger partial charge is 0.490 e. The molecule has 0 unspecified atom stereocenters. The molecule has 1 N–H and O–H groups in total. The Bertz CT molecular complexity index is 1140. The Balaban J connectivity index is 1.74. The van der Waals surface area contributed by atoms with Gasteiger partial charge in [0.2, 0.25) is 0 Å². The third-order valence-corrected chi connectivity index (χ3v) is 4.84. The predicted octanol–water partition coefficient (Wildman–Crippen LogP) is 4.11. The van der Waals surface area contributed by atoms with Crippen molar-refractivity contribution in [3.05, 3.63) is 69.6 Å². The molecule has 0 aliphatic heterocycles. The van der Waals surface area contributed by atoms with E-state index in [0.717, 1.165) is 29.7 Å². The number of ether oxygens (including phenoxy) is 2. The second-order valence-electron chi connectivity index (χ2n) is 6.84. The molecule has 3 rings (SSSR count). The maximum absolute atomic E-state index is 12.4. The van der Waals surface area contributed by atoms with Crippen molar-refractivity contribution in [2.24, 2.45) is 0 Å². The van der Waals surface area contributed by atoms with Gasteiger partial charge in [0.15, 0.2) is 17.9 Å². The predicted molar refractivity (Wildman–Crippen MR) is 118 cm³/mol. The van der Waals surface area contributed by atoms with E-state index in [4.69, 9.17) is 13.9 Å². The fourth-order valence-electron chi connectivity index (χ4n) is 3.32. The van der Waals surface area contributed by atoms with Gasteiger partial charge in [-0.2, -0.15) is 0 Å². The molecule has 162 valence electrons. The average molecular weight is 423 g/mol. The molecule has 0 atom stereocenters. The number of benzene rings is 2. The molecule has 1 amide bonds. The Morgan fingerprint density at radius 3 is 2.32 bits per heavy atom. The van der Waals surface area contributed by atoms with E-state index < -0.39 is 24.1 Å². The molecule has 7 nitrogen and oxygen atoms in total. The van der Waals surface area contributed by atoms with Crippen LogP contribution in [0.15, 0.2) is 51.7 Å². The van der Waals surface area contributed by atoms with Crippen LogP contribution in [-0.2, 0) is 22.4 Å². The van der Waals surface area contributed by atoms with Crippen molar-refractivity contribution in [3.63, 3.8) is 0 Å². The maximum Gasteiger partial charge on any atom is 0.351 e. The molecule has 7 heteroatoms. The monoisotopic (exact) mass is 423 g/mol. The molecule has 0 spiro atoms. The van der Waals surface area contributed by atoms with Gasteiger partial charge >= 0.3 is 11.6 Å². The summed E-state index contributed by atoms with van der Waals surface area (Å²) in [6.45, 7) is 5.70. The van der Waals surface area contributed by atoms with Crippen molar-refractivity contribution < 1.29 is 23.5 Å². The van der Waals surface area contributed by atoms with Crippen molar-refractivity contribution >= 4 is 28.5 Å². The van der Waals surface area contributed by atoms with Crippen LogP contribution in [0.3, 0.4) is 0 Å². The number of amides is 1. The first-order chi connectivity index (χ1) is 15.0. The third-order valence-electron chi connectivity index (χ3n) is 4.84. The van der Waals surface area contributed by atoms with E-state index >= 15 is 0 Å². The van der Waals surface area contributed by atoms with E-state index in [0.29, 0.717) is 17.7 Å². The number of hydrogen-bond donors (Lipinski definition) is 1. The van der Waals surface area contributed by atoms with Crippen molar-refractivity contribution in [1.29, 1.82) is 0 Å². The van der Waals surface area contributed by atoms with Crippen molar-refractivity contribution in [2.75, 3.05) is 18.5 Å². The topological polar surface area (TPSA) is 94.8 Å². The zero-order chi connectivity index (χ0) is 22.4. The van der Waals surface area contributed by atoms with Crippen molar-refractivity contribution in [2.45, 2.75) is 33.6 Å². The highest BCUT2D eigenvalue weighted by Gasteiger charge is 2.19. The lowest BCUT2D eigenvalue weighted by atomic mass is 10.0. The SMILES string of the molecule is CCOc1cccc2cc(C(=O)OCC(=O)Nc3c(CC)cccc3CC)c(=O)oc12. The quantitative estimate of drug-likeness (QED) is 0.433. The molecular formula is C24H25NO6. The number of nitrogens with one attached hydrogen (secondary N) is 1. The summed E-state index contributed by atoms with van der Waals surface area (Å²) >= 11 is 0. The maximum atomic E-state index is 12.4. The fourth-order valence-corrected chi connectivity index (χ4v) is 3.32. The first-order valence-electron chi connectivity index (χ1n) is 10.3. The highest BCUT2D eigenvalue weighted by atomic mass is 16.5. The Kier molecular flexibility index (Phi) is 7.07. The molecule has 0 fully saturated rings. The summed E-state index contributed by atoms with van der Waals surface area (Å²) in [4.78, 5) is 37.1. The van der Waals surface area contributed by atoms with E-state index in [-0.39, 0.29) is 11.1 Å². The molecule has 0 saturated heterocycles. The molecule has 0 radical (unpaired) electrons. The summed E-state index contributed by atoms with van der Waals surface area (Å²) in [5.41, 5.74) is 1.86. The van der Waals surface area contributed by atoms with Crippen LogP contribution in [0.4, 0.5) is 5.69 Å². The normalized spacial score (nSPS) is 10.7. The molecule has 3 aromatic rings. The molecule has 2 aromatic carbocycles. The molecule has 0 aliphatic rings. The van der Waals surface area contributed by atoms with Gasteiger partial charge in [0.05, 0.1) is 6.61 Å². The van der Waals surface area contributed by atoms with Crippen LogP contribution in [0.1, 0.15) is 42.3 Å². The Hall–Kier alpha value is -3.61. The Labute approximate surface area is 180 Å². The van der Waals surface area contributed by atoms with Gasteiger partial charge in [-0.25, -0.2) is 9.59 Å². The smallest absolute Gasteiger partial charge is 0.351 e. The van der Waals surface area contributed by atoms with Gasteiger partial charge in [-0.3, -0.25) is 4.79 Å². The minimum absolute atomic E-state index is 0.256. The van der Waals surface area contributed by atoms with Gasteiger partial charge < -0.3 is 19.2 Å². The van der Waals surface area contributed by atoms with Crippen molar-refractivity contribution in [1.82, 2.24) is 0 Å². The number of fused-ring (bicyclic) bond motifs is 1. The first-order valence-corrected chi connectivity index (χ1v) is 10.3. The van der Waals surface area contributed by atoms with Gasteiger partial charge in [0.1, 0.15) is 5.56 Å². The summed E-state index contributed by atoms with van der Waals surface area (Å²) in [5.74, 6) is -0.988. The first kappa shape index (κ1) is 22.1. The number of carbonyl (C=O) groups excluding carboxylic acids is 2. The van der Waals surface area contributed by atoms with E-state index in [9.17, 15) is 14.4 Å². The van der Waals surface area contributed by atoms with Gasteiger partial charge in [-0.05, 0) is 43.0 Å². The summed E-state index contributed by atoms with van der Waals surface area (Å²) in [5, 5.41) is 3.34. The summed E-state index contributed by atoms with van der Waals surface area (Å²) < 4.78 is 15.8. The summed E-state index contributed by atoms with van der Waals surface area (Å²) in [6.07, 6.45) is 1.51. The number of rotatable bonds is 8. The standard InChI is InChI=1S/C24H25NO6/c1-4-15-9-7-10-16(5-2)21(15)25-20(26)14-30-23(27)18-13-17-11-8-12-19(29-6-3)22(17)31-24(18)28/h7-13H,4-6,14H2,1-3H3,(H,25,26). The molecule has 0 saturated carbocycles. The van der Waals surface area contributed by atoms with Crippen LogP contribution in [0.25, 0.3) is 11.0 Å². The van der Waals surface area contributed by atoms with E-state index in [1.165, 1.54) is 6.07 Å². The molecule has 0 bridgehead atoms. The van der Waals surface area contributed by atoms with Gasteiger partial charge in [0, 0.05) is 11.1 Å². The average Bonchev–Trinajstić information content (AvgIpc) is 2.77. The number of carbonyl (C=O) groups is 2. The molecule has 0 aliphatic carbocycles. The lowest BCUT2D eigenvalue weighted by Gasteiger charge is -2.14. The van der Waals surface area contributed by atoms with Gasteiger partial charge in [0.25, 0.3) is 5.91 Å². The molecule has 31 heavy (non-hydrogen) atoms. The Morgan fingerprint density at radius 2 is 1.68 bits per heavy atom. The number of hydrogen-bond acceptors (Lipinski definition) is 6. The highest BCUT2D eigenvalue weighted by Crippen LogP contribution is 2.25. The van der Waals surface area contributed by atoms with E-state index in [1.807, 2.05) is 39.0 Å². The van der Waals surface area contributed by atoms with Gasteiger partial charge in [-0.15, -0.1) is 0 Å². The minimum Gasteiger partial charge on any atom is -0.490 e. The number of para-hydroxylation sites is 2. The summed E-state index contributed by atoms with van der Waals surface area (Å²) in [7, 11) is 0. The minimum atomic E-state index is -0.924. The number of esters is 1. The van der Waals surface area contributed by atoms with Crippen LogP contribution in [0, 0.1) is 0 Å². The lowest BCUT2D eigenvalue weighted by Crippen LogP contribution is -2.24. The number of anilines is 1. The van der Waals surface area contributed by atoms with E-state index in [2.05, 4.69) is 5.32 Å². The van der Waals surface area contributed by atoms with E-state index in [1.54, 1.807) is 18.2 Å². The zero-order valence-corrected chi connectivity index (χ0v) is 17.8. The molecular weight excluding hydrogens is 398 g/mol. The highest BCUT2D eigenvalue weighted by molar-refractivity contribution is 5.97. The second kappa shape index (κ2) is 9.93. The van der Waals surface area contributed by atoms with Crippen LogP contribution < -0.4 is 15.7 Å². The second-order valence-corrected chi connectivity index (χ2v) is 6.84. The number of aryl methyl sites for hydroxylation is 2. The van der Waals surface area contributed by atoms with Crippen LogP contribution in [-0.4, -0.2) is 25.1 Å². The van der Waals surface area contributed by atoms with Crippen LogP contribution >= 0.6 is 0 Å². The van der Waals surface area contributed by atoms with Crippen LogP contribution in [0.2, 0.25) is 0 Å². The third kappa shape index (κ3) is 4.94. The summed E-state index contributed by atoms with van der Waals surface area (Å²) in [6, 6.07) is 12.3. The molecule has 1 heterocycles. The van der Waals surface area contributed by atoms with Crippen LogP contribution in [0.5, 0.6) is 5.75 Å². The zero-order valence-electron chi connectivity index (χ0n) is 17.8. The Morgan fingerprint density at radius 1 is 1.00 bits per heavy atom.